The number of aromatic nitrogens is 2. The predicted molar refractivity (Wildman–Crippen MR) is 92.8 cm³/mol. The van der Waals surface area contributed by atoms with Crippen LogP contribution in [0.15, 0.2) is 36.8 Å². The zero-order chi connectivity index (χ0) is 17.4. The highest BCUT2D eigenvalue weighted by Gasteiger charge is 2.38. The maximum absolute atomic E-state index is 12.9. The SMILES string of the molecule is Cc1ccc(N2CC(C(=O)N3CCc4cncnc4C3)CC2=O)cc1. The summed E-state index contributed by atoms with van der Waals surface area (Å²) in [6, 6.07) is 7.85. The highest BCUT2D eigenvalue weighted by Crippen LogP contribution is 2.28. The number of amides is 2. The van der Waals surface area contributed by atoms with Gasteiger partial charge in [-0.2, -0.15) is 0 Å². The molecule has 0 saturated carbocycles. The van der Waals surface area contributed by atoms with Crippen LogP contribution in [0.3, 0.4) is 0 Å². The Bertz CT molecular complexity index is 818. The lowest BCUT2D eigenvalue weighted by Gasteiger charge is -2.29. The van der Waals surface area contributed by atoms with Crippen LogP contribution in [-0.4, -0.2) is 39.8 Å². The first-order valence-corrected chi connectivity index (χ1v) is 8.55. The average Bonchev–Trinajstić information content (AvgIpc) is 3.03. The molecule has 1 fully saturated rings. The van der Waals surface area contributed by atoms with Gasteiger partial charge in [0.2, 0.25) is 11.8 Å². The van der Waals surface area contributed by atoms with Crippen molar-refractivity contribution in [2.45, 2.75) is 26.3 Å². The van der Waals surface area contributed by atoms with Gasteiger partial charge < -0.3 is 9.80 Å². The molecular weight excluding hydrogens is 316 g/mol. The van der Waals surface area contributed by atoms with E-state index in [9.17, 15) is 9.59 Å². The van der Waals surface area contributed by atoms with E-state index in [0.717, 1.165) is 28.9 Å². The third kappa shape index (κ3) is 2.99. The number of carbonyl (C=O) groups is 2. The van der Waals surface area contributed by atoms with Gasteiger partial charge in [0.1, 0.15) is 6.33 Å². The normalized spacial score (nSPS) is 19.9. The molecule has 0 radical (unpaired) electrons. The maximum atomic E-state index is 12.9. The summed E-state index contributed by atoms with van der Waals surface area (Å²) in [6.45, 7) is 3.63. The Balaban J connectivity index is 1.47. The zero-order valence-electron chi connectivity index (χ0n) is 14.2. The smallest absolute Gasteiger partial charge is 0.228 e. The standard InChI is InChI=1S/C19H20N4O2/c1-13-2-4-16(5-3-13)23-10-15(8-18(23)24)19(25)22-7-6-14-9-20-12-21-17(14)11-22/h2-5,9,12,15H,6-8,10-11H2,1H3. The number of hydrogen-bond acceptors (Lipinski definition) is 4. The van der Waals surface area contributed by atoms with E-state index in [2.05, 4.69) is 9.97 Å². The van der Waals surface area contributed by atoms with E-state index < -0.39 is 0 Å². The molecule has 128 valence electrons. The van der Waals surface area contributed by atoms with Gasteiger partial charge in [-0.05, 0) is 31.0 Å². The second-order valence-corrected chi connectivity index (χ2v) is 6.75. The van der Waals surface area contributed by atoms with E-state index in [-0.39, 0.29) is 24.2 Å². The van der Waals surface area contributed by atoms with E-state index in [1.807, 2.05) is 42.3 Å². The lowest BCUT2D eigenvalue weighted by molar-refractivity contribution is -0.136. The van der Waals surface area contributed by atoms with E-state index >= 15 is 0 Å². The number of benzene rings is 1. The van der Waals surface area contributed by atoms with Crippen molar-refractivity contribution < 1.29 is 9.59 Å². The van der Waals surface area contributed by atoms with Crippen molar-refractivity contribution in [3.63, 3.8) is 0 Å². The Hall–Kier alpha value is -2.76. The quantitative estimate of drug-likeness (QED) is 0.837. The van der Waals surface area contributed by atoms with E-state index in [1.54, 1.807) is 4.90 Å². The van der Waals surface area contributed by atoms with Gasteiger partial charge in [-0.15, -0.1) is 0 Å². The van der Waals surface area contributed by atoms with Crippen LogP contribution in [0.4, 0.5) is 5.69 Å². The molecule has 4 rings (SSSR count). The number of hydrogen-bond donors (Lipinski definition) is 0. The lowest BCUT2D eigenvalue weighted by atomic mass is 10.0. The minimum absolute atomic E-state index is 0.0157. The van der Waals surface area contributed by atoms with Crippen LogP contribution < -0.4 is 4.90 Å². The summed E-state index contributed by atoms with van der Waals surface area (Å²) in [5.41, 5.74) is 4.03. The fourth-order valence-corrected chi connectivity index (χ4v) is 3.54. The molecule has 0 spiro atoms. The monoisotopic (exact) mass is 336 g/mol. The minimum Gasteiger partial charge on any atom is -0.336 e. The molecule has 1 aromatic carbocycles. The van der Waals surface area contributed by atoms with Crippen LogP contribution in [0.1, 0.15) is 23.2 Å². The fourth-order valence-electron chi connectivity index (χ4n) is 3.54. The van der Waals surface area contributed by atoms with Crippen molar-refractivity contribution in [2.75, 3.05) is 18.0 Å². The second-order valence-electron chi connectivity index (χ2n) is 6.75. The molecule has 1 unspecified atom stereocenters. The summed E-state index contributed by atoms with van der Waals surface area (Å²) in [4.78, 5) is 37.2. The Labute approximate surface area is 146 Å². The molecule has 0 aliphatic carbocycles. The Morgan fingerprint density at radius 3 is 2.84 bits per heavy atom. The van der Waals surface area contributed by atoms with Crippen LogP contribution in [0, 0.1) is 12.8 Å². The van der Waals surface area contributed by atoms with Crippen LogP contribution in [0.2, 0.25) is 0 Å². The molecule has 2 aliphatic rings. The van der Waals surface area contributed by atoms with Crippen LogP contribution in [-0.2, 0) is 22.6 Å². The number of anilines is 1. The molecule has 0 bridgehead atoms. The summed E-state index contributed by atoms with van der Waals surface area (Å²) in [7, 11) is 0. The molecule has 2 aromatic rings. The first kappa shape index (κ1) is 15.7. The predicted octanol–water partition coefficient (Wildman–Crippen LogP) is 1.72. The third-order valence-corrected chi connectivity index (χ3v) is 5.00. The van der Waals surface area contributed by atoms with Gasteiger partial charge in [0.25, 0.3) is 0 Å². The molecule has 1 atom stereocenters. The number of aryl methyl sites for hydroxylation is 1. The van der Waals surface area contributed by atoms with Crippen molar-refractivity contribution in [1.82, 2.24) is 14.9 Å². The summed E-state index contributed by atoms with van der Waals surface area (Å²) in [5.74, 6) is -0.216. The number of fused-ring (bicyclic) bond motifs is 1. The number of carbonyl (C=O) groups excluding carboxylic acids is 2. The summed E-state index contributed by atoms with van der Waals surface area (Å²) in [6.07, 6.45) is 4.39. The van der Waals surface area contributed by atoms with Crippen LogP contribution in [0.25, 0.3) is 0 Å². The molecule has 0 N–H and O–H groups in total. The molecule has 2 amide bonds. The first-order valence-electron chi connectivity index (χ1n) is 8.55. The lowest BCUT2D eigenvalue weighted by Crippen LogP contribution is -2.41. The van der Waals surface area contributed by atoms with Gasteiger partial charge in [0.05, 0.1) is 18.2 Å². The molecular formula is C19H20N4O2. The molecule has 1 saturated heterocycles. The molecule has 6 nitrogen and oxygen atoms in total. The first-order chi connectivity index (χ1) is 12.1. The van der Waals surface area contributed by atoms with Gasteiger partial charge in [-0.3, -0.25) is 9.59 Å². The third-order valence-electron chi connectivity index (χ3n) is 5.00. The van der Waals surface area contributed by atoms with Gasteiger partial charge >= 0.3 is 0 Å². The molecule has 2 aliphatic heterocycles. The van der Waals surface area contributed by atoms with E-state index in [0.29, 0.717) is 19.6 Å². The Morgan fingerprint density at radius 2 is 2.04 bits per heavy atom. The van der Waals surface area contributed by atoms with Gasteiger partial charge in [-0.1, -0.05) is 17.7 Å². The molecule has 6 heteroatoms. The van der Waals surface area contributed by atoms with Crippen molar-refractivity contribution >= 4 is 17.5 Å². The second kappa shape index (κ2) is 6.27. The average molecular weight is 336 g/mol. The highest BCUT2D eigenvalue weighted by molar-refractivity contribution is 6.00. The molecule has 3 heterocycles. The zero-order valence-corrected chi connectivity index (χ0v) is 14.2. The van der Waals surface area contributed by atoms with Gasteiger partial charge in [0, 0.05) is 31.4 Å². The van der Waals surface area contributed by atoms with E-state index in [4.69, 9.17) is 0 Å². The maximum Gasteiger partial charge on any atom is 0.228 e. The molecule has 1 aromatic heterocycles. The topological polar surface area (TPSA) is 66.4 Å². The summed E-state index contributed by atoms with van der Waals surface area (Å²) < 4.78 is 0. The summed E-state index contributed by atoms with van der Waals surface area (Å²) in [5, 5.41) is 0. The van der Waals surface area contributed by atoms with Crippen molar-refractivity contribution in [3.8, 4) is 0 Å². The van der Waals surface area contributed by atoms with Crippen molar-refractivity contribution in [1.29, 1.82) is 0 Å². The van der Waals surface area contributed by atoms with Gasteiger partial charge in [-0.25, -0.2) is 9.97 Å². The minimum atomic E-state index is -0.280. The summed E-state index contributed by atoms with van der Waals surface area (Å²) >= 11 is 0. The van der Waals surface area contributed by atoms with E-state index in [1.165, 1.54) is 6.33 Å². The fraction of sp³-hybridized carbons (Fsp3) is 0.368. The Morgan fingerprint density at radius 1 is 1.24 bits per heavy atom. The highest BCUT2D eigenvalue weighted by atomic mass is 16.2. The van der Waals surface area contributed by atoms with Crippen molar-refractivity contribution in [3.05, 3.63) is 53.6 Å². The van der Waals surface area contributed by atoms with Gasteiger partial charge in [0.15, 0.2) is 0 Å². The largest absolute Gasteiger partial charge is 0.336 e. The van der Waals surface area contributed by atoms with Crippen molar-refractivity contribution in [2.24, 2.45) is 5.92 Å². The number of rotatable bonds is 2. The van der Waals surface area contributed by atoms with Crippen LogP contribution >= 0.6 is 0 Å². The van der Waals surface area contributed by atoms with Crippen LogP contribution in [0.5, 0.6) is 0 Å². The molecule has 25 heavy (non-hydrogen) atoms. The Kier molecular flexibility index (Phi) is 3.95. The number of nitrogens with zero attached hydrogens (tertiary/aromatic N) is 4.